The number of anilines is 3. The molecule has 0 radical (unpaired) electrons. The highest BCUT2D eigenvalue weighted by molar-refractivity contribution is 5.93. The van der Waals surface area contributed by atoms with Gasteiger partial charge >= 0.3 is 0 Å². The molecule has 5 saturated carbocycles. The maximum absolute atomic E-state index is 2.55. The molecule has 65 heavy (non-hydrogen) atoms. The van der Waals surface area contributed by atoms with E-state index >= 15 is 0 Å². The fourth-order valence-electron chi connectivity index (χ4n) is 15.3. The molecule has 8 aromatic carbocycles. The summed E-state index contributed by atoms with van der Waals surface area (Å²) in [7, 11) is 0. The van der Waals surface area contributed by atoms with Gasteiger partial charge in [0.1, 0.15) is 0 Å². The van der Waals surface area contributed by atoms with Crippen LogP contribution in [0.2, 0.25) is 0 Å². The number of nitrogens with zero attached hydrogens (tertiary/aromatic N) is 1. The highest BCUT2D eigenvalue weighted by Crippen LogP contribution is 2.69. The summed E-state index contributed by atoms with van der Waals surface area (Å²) in [5.41, 5.74) is 23.7. The lowest BCUT2D eigenvalue weighted by molar-refractivity contribution is -0.0399. The first kappa shape index (κ1) is 37.9. The normalized spacial score (nSPS) is 23.6. The van der Waals surface area contributed by atoms with Crippen molar-refractivity contribution in [2.75, 3.05) is 4.90 Å². The van der Waals surface area contributed by atoms with Crippen molar-refractivity contribution in [3.63, 3.8) is 0 Å². The molecule has 5 fully saturated rings. The number of hydrogen-bond donors (Lipinski definition) is 0. The summed E-state index contributed by atoms with van der Waals surface area (Å²) in [6, 6.07) is 72.0. The molecule has 2 spiro atoms. The first-order chi connectivity index (χ1) is 32.2. The molecule has 0 aromatic heterocycles. The Morgan fingerprint density at radius 3 is 1.49 bits per heavy atom. The van der Waals surface area contributed by atoms with Crippen LogP contribution in [0.4, 0.5) is 17.1 Å². The molecule has 4 bridgehead atoms. The van der Waals surface area contributed by atoms with Gasteiger partial charge in [-0.3, -0.25) is 0 Å². The third-order valence-electron chi connectivity index (χ3n) is 17.7. The van der Waals surface area contributed by atoms with Gasteiger partial charge in [-0.05, 0) is 189 Å². The molecule has 7 aliphatic carbocycles. The molecule has 0 amide bonds. The van der Waals surface area contributed by atoms with Gasteiger partial charge < -0.3 is 4.90 Å². The monoisotopic (exact) mass is 837 g/mol. The van der Waals surface area contributed by atoms with E-state index in [1.165, 1.54) is 120 Å². The third-order valence-corrected chi connectivity index (χ3v) is 17.7. The van der Waals surface area contributed by atoms with E-state index in [1.54, 1.807) is 22.3 Å². The van der Waals surface area contributed by atoms with E-state index < -0.39 is 0 Å². The van der Waals surface area contributed by atoms with Crippen molar-refractivity contribution in [2.45, 2.75) is 75.0 Å². The Hall–Kier alpha value is -6.44. The molecule has 15 rings (SSSR count). The number of fused-ring (bicyclic) bond motifs is 8. The lowest BCUT2D eigenvalue weighted by atomic mass is 9.43. The average Bonchev–Trinajstić information content (AvgIpc) is 3.81. The summed E-state index contributed by atoms with van der Waals surface area (Å²) >= 11 is 0. The van der Waals surface area contributed by atoms with E-state index in [0.717, 1.165) is 40.7 Å². The Morgan fingerprint density at radius 2 is 0.831 bits per heavy atom. The van der Waals surface area contributed by atoms with E-state index in [1.807, 2.05) is 0 Å². The maximum atomic E-state index is 2.55. The van der Waals surface area contributed by atoms with Gasteiger partial charge in [0.2, 0.25) is 0 Å². The minimum Gasteiger partial charge on any atom is -0.311 e. The maximum Gasteiger partial charge on any atom is 0.0462 e. The zero-order chi connectivity index (χ0) is 42.7. The lowest BCUT2D eigenvalue weighted by Crippen LogP contribution is -2.55. The van der Waals surface area contributed by atoms with Gasteiger partial charge in [-0.15, -0.1) is 0 Å². The lowest BCUT2D eigenvalue weighted by Gasteiger charge is -2.61. The van der Waals surface area contributed by atoms with Crippen molar-refractivity contribution in [2.24, 2.45) is 23.7 Å². The van der Waals surface area contributed by atoms with E-state index in [0.29, 0.717) is 0 Å². The molecule has 7 aliphatic rings. The summed E-state index contributed by atoms with van der Waals surface area (Å²) < 4.78 is 0. The SMILES string of the molecule is c1ccc(-c2ccc(N(c3ccc(-c4ccc5c(c4)-c4ccccc4[C@]54[C@@H]5CC6C[C@@H](C5)C[C@@H]4C6)cc3)c3ccc(-c4cccc5c4-c4ccccc4C54CCCCC4)cc3)cc2)cc1. The van der Waals surface area contributed by atoms with E-state index in [9.17, 15) is 0 Å². The van der Waals surface area contributed by atoms with Crippen molar-refractivity contribution in [1.82, 2.24) is 0 Å². The standard InChI is InChI=1S/C64H55N/c1-3-12-44(13-4-1)45-20-27-51(28-21-45)65(53-31-24-47(25-32-53)54-16-11-19-61-62(54)56-15-6-7-17-58(56)63(61)34-9-2-10-35-63)52-29-22-46(23-30-52)48-26-33-60-57(41-48)55-14-5-8-18-59(55)64(60)49-37-42-36-43(39-49)40-50(64)38-42/h1,3-8,11-33,41-43,49-50H,2,9-10,34-40H2/t42-,43?,49-,50+,64+. The smallest absolute Gasteiger partial charge is 0.0462 e. The van der Waals surface area contributed by atoms with E-state index in [-0.39, 0.29) is 10.8 Å². The van der Waals surface area contributed by atoms with Gasteiger partial charge in [0, 0.05) is 27.9 Å². The molecule has 0 atom stereocenters. The Kier molecular flexibility index (Phi) is 8.47. The Labute approximate surface area is 384 Å². The van der Waals surface area contributed by atoms with Crippen LogP contribution in [0.25, 0.3) is 55.6 Å². The van der Waals surface area contributed by atoms with Crippen LogP contribution in [0.3, 0.4) is 0 Å². The fraction of sp³-hybridized carbons (Fsp3) is 0.250. The molecule has 0 unspecified atom stereocenters. The first-order valence-electron chi connectivity index (χ1n) is 24.8. The fourth-order valence-corrected chi connectivity index (χ4v) is 15.3. The van der Waals surface area contributed by atoms with Crippen molar-refractivity contribution in [3.05, 3.63) is 210 Å². The summed E-state index contributed by atoms with van der Waals surface area (Å²) in [5.74, 6) is 3.47. The molecule has 1 heteroatoms. The quantitative estimate of drug-likeness (QED) is 0.161. The summed E-state index contributed by atoms with van der Waals surface area (Å²) in [6.45, 7) is 0. The molecule has 0 saturated heterocycles. The largest absolute Gasteiger partial charge is 0.311 e. The predicted octanol–water partition coefficient (Wildman–Crippen LogP) is 17.1. The summed E-state index contributed by atoms with van der Waals surface area (Å²) in [6.07, 6.45) is 13.6. The number of benzene rings is 8. The molecule has 316 valence electrons. The molecule has 0 aliphatic heterocycles. The van der Waals surface area contributed by atoms with Crippen molar-refractivity contribution >= 4 is 17.1 Å². The zero-order valence-corrected chi connectivity index (χ0v) is 37.2. The number of hydrogen-bond acceptors (Lipinski definition) is 1. The van der Waals surface area contributed by atoms with Crippen molar-refractivity contribution in [3.8, 4) is 55.6 Å². The van der Waals surface area contributed by atoms with Gasteiger partial charge in [0.05, 0.1) is 0 Å². The van der Waals surface area contributed by atoms with Crippen LogP contribution in [0, 0.1) is 23.7 Å². The Bertz CT molecular complexity index is 3080. The van der Waals surface area contributed by atoms with Crippen LogP contribution in [0.15, 0.2) is 188 Å². The van der Waals surface area contributed by atoms with Crippen LogP contribution >= 0.6 is 0 Å². The first-order valence-corrected chi connectivity index (χ1v) is 24.8. The Morgan fingerprint density at radius 1 is 0.338 bits per heavy atom. The topological polar surface area (TPSA) is 3.24 Å². The van der Waals surface area contributed by atoms with Crippen LogP contribution in [-0.2, 0) is 10.8 Å². The third kappa shape index (κ3) is 5.57. The molecule has 0 heterocycles. The Balaban J connectivity index is 0.834. The van der Waals surface area contributed by atoms with Crippen LogP contribution in [-0.4, -0.2) is 0 Å². The summed E-state index contributed by atoms with van der Waals surface area (Å²) in [4.78, 5) is 2.43. The van der Waals surface area contributed by atoms with Crippen LogP contribution in [0.5, 0.6) is 0 Å². The molecule has 8 aromatic rings. The summed E-state index contributed by atoms with van der Waals surface area (Å²) in [5, 5.41) is 0. The van der Waals surface area contributed by atoms with E-state index in [2.05, 4.69) is 193 Å². The number of rotatable bonds is 6. The average molecular weight is 838 g/mol. The van der Waals surface area contributed by atoms with Crippen LogP contribution in [0.1, 0.15) is 86.5 Å². The molecule has 0 N–H and O–H groups in total. The van der Waals surface area contributed by atoms with Crippen molar-refractivity contribution in [1.29, 1.82) is 0 Å². The molecular formula is C64H55N. The van der Waals surface area contributed by atoms with Gasteiger partial charge in [-0.2, -0.15) is 0 Å². The van der Waals surface area contributed by atoms with Gasteiger partial charge in [-0.1, -0.05) is 165 Å². The minimum atomic E-state index is 0.149. The second kappa shape index (κ2) is 14.5. The predicted molar refractivity (Wildman–Crippen MR) is 270 cm³/mol. The minimum absolute atomic E-state index is 0.149. The van der Waals surface area contributed by atoms with Gasteiger partial charge in [-0.25, -0.2) is 0 Å². The highest BCUT2D eigenvalue weighted by atomic mass is 15.1. The second-order valence-electron chi connectivity index (χ2n) is 20.7. The second-order valence-corrected chi connectivity index (χ2v) is 20.7. The van der Waals surface area contributed by atoms with Crippen LogP contribution < -0.4 is 4.90 Å². The highest BCUT2D eigenvalue weighted by Gasteiger charge is 2.61. The van der Waals surface area contributed by atoms with E-state index in [4.69, 9.17) is 0 Å². The van der Waals surface area contributed by atoms with Gasteiger partial charge in [0.25, 0.3) is 0 Å². The van der Waals surface area contributed by atoms with Gasteiger partial charge in [0.15, 0.2) is 0 Å². The van der Waals surface area contributed by atoms with Crippen molar-refractivity contribution < 1.29 is 0 Å². The molecule has 1 nitrogen and oxygen atoms in total. The zero-order valence-electron chi connectivity index (χ0n) is 37.2. The molecular weight excluding hydrogens is 783 g/mol.